The highest BCUT2D eigenvalue weighted by Gasteiger charge is 2.18. The molecule has 0 bridgehead atoms. The van der Waals surface area contributed by atoms with E-state index in [0.717, 1.165) is 32.4 Å². The predicted octanol–water partition coefficient (Wildman–Crippen LogP) is 0.934. The van der Waals surface area contributed by atoms with Crippen LogP contribution in [0.4, 0.5) is 0 Å². The third-order valence-electron chi connectivity index (χ3n) is 2.85. The second kappa shape index (κ2) is 4.94. The third kappa shape index (κ3) is 2.93. The van der Waals surface area contributed by atoms with E-state index in [1.54, 1.807) is 0 Å². The lowest BCUT2D eigenvalue weighted by Crippen LogP contribution is -2.38. The van der Waals surface area contributed by atoms with E-state index in [2.05, 4.69) is 5.32 Å². The van der Waals surface area contributed by atoms with Gasteiger partial charge in [-0.3, -0.25) is 0 Å². The molecule has 2 aliphatic rings. The first kappa shape index (κ1) is 9.44. The van der Waals surface area contributed by atoms with Gasteiger partial charge in [-0.05, 0) is 12.8 Å². The van der Waals surface area contributed by atoms with Crippen LogP contribution in [0, 0.1) is 0 Å². The minimum atomic E-state index is 0.380. The van der Waals surface area contributed by atoms with Crippen LogP contribution >= 0.6 is 0 Å². The molecular weight excluding hydrogens is 166 g/mol. The molecule has 1 N–H and O–H groups in total. The average molecular weight is 185 g/mol. The predicted molar refractivity (Wildman–Crippen MR) is 50.8 cm³/mol. The van der Waals surface area contributed by atoms with Crippen LogP contribution in [0.2, 0.25) is 0 Å². The maximum Gasteiger partial charge on any atom is 0.104 e. The Bertz CT molecular complexity index is 142. The molecular formula is C10H19NO2. The van der Waals surface area contributed by atoms with Crippen molar-refractivity contribution in [2.24, 2.45) is 0 Å². The number of hydrogen-bond donors (Lipinski definition) is 1. The van der Waals surface area contributed by atoms with Gasteiger partial charge in [-0.15, -0.1) is 0 Å². The summed E-state index contributed by atoms with van der Waals surface area (Å²) >= 11 is 0. The van der Waals surface area contributed by atoms with Crippen molar-refractivity contribution in [1.82, 2.24) is 5.32 Å². The zero-order valence-corrected chi connectivity index (χ0v) is 8.13. The molecule has 1 heterocycles. The van der Waals surface area contributed by atoms with E-state index in [9.17, 15) is 0 Å². The van der Waals surface area contributed by atoms with Crippen molar-refractivity contribution in [2.75, 3.05) is 26.4 Å². The van der Waals surface area contributed by atoms with Crippen LogP contribution in [-0.2, 0) is 9.47 Å². The summed E-state index contributed by atoms with van der Waals surface area (Å²) in [6.45, 7) is 3.43. The summed E-state index contributed by atoms with van der Waals surface area (Å²) in [5, 5.41) is 3.52. The van der Waals surface area contributed by atoms with Crippen molar-refractivity contribution >= 4 is 0 Å². The Morgan fingerprint density at radius 2 is 2.00 bits per heavy atom. The first-order chi connectivity index (χ1) is 6.45. The molecule has 0 aromatic carbocycles. The SMILES string of the molecule is C1CCC(NCCOC2COC2)C1. The lowest BCUT2D eigenvalue weighted by Gasteiger charge is -2.26. The van der Waals surface area contributed by atoms with E-state index in [1.807, 2.05) is 0 Å². The summed E-state index contributed by atoms with van der Waals surface area (Å²) < 4.78 is 10.6. The van der Waals surface area contributed by atoms with E-state index in [4.69, 9.17) is 9.47 Å². The van der Waals surface area contributed by atoms with Crippen molar-refractivity contribution in [3.05, 3.63) is 0 Å². The second-order valence-corrected chi connectivity index (χ2v) is 3.97. The Hall–Kier alpha value is -0.120. The lowest BCUT2D eigenvalue weighted by molar-refractivity contribution is -0.128. The highest BCUT2D eigenvalue weighted by atomic mass is 16.6. The third-order valence-corrected chi connectivity index (χ3v) is 2.85. The highest BCUT2D eigenvalue weighted by Crippen LogP contribution is 2.17. The van der Waals surface area contributed by atoms with Gasteiger partial charge in [0.15, 0.2) is 0 Å². The Balaban J connectivity index is 1.43. The Morgan fingerprint density at radius 1 is 1.23 bits per heavy atom. The fourth-order valence-corrected chi connectivity index (χ4v) is 1.93. The average Bonchev–Trinajstić information content (AvgIpc) is 2.53. The highest BCUT2D eigenvalue weighted by molar-refractivity contribution is 4.73. The molecule has 3 heteroatoms. The number of hydrogen-bond acceptors (Lipinski definition) is 3. The molecule has 1 aliphatic carbocycles. The summed E-state index contributed by atoms with van der Waals surface area (Å²) in [6.07, 6.45) is 5.88. The van der Waals surface area contributed by atoms with Gasteiger partial charge in [0.2, 0.25) is 0 Å². The van der Waals surface area contributed by atoms with Gasteiger partial charge in [0.05, 0.1) is 19.8 Å². The van der Waals surface area contributed by atoms with Crippen molar-refractivity contribution in [2.45, 2.75) is 37.8 Å². The molecule has 1 saturated heterocycles. The molecule has 0 radical (unpaired) electrons. The van der Waals surface area contributed by atoms with Gasteiger partial charge in [0.25, 0.3) is 0 Å². The van der Waals surface area contributed by atoms with Gasteiger partial charge >= 0.3 is 0 Å². The summed E-state index contributed by atoms with van der Waals surface area (Å²) in [6, 6.07) is 0.765. The summed E-state index contributed by atoms with van der Waals surface area (Å²) in [7, 11) is 0. The van der Waals surface area contributed by atoms with Crippen LogP contribution < -0.4 is 5.32 Å². The van der Waals surface area contributed by atoms with Gasteiger partial charge in [0, 0.05) is 12.6 Å². The van der Waals surface area contributed by atoms with Gasteiger partial charge in [-0.1, -0.05) is 12.8 Å². The van der Waals surface area contributed by atoms with Gasteiger partial charge in [0.1, 0.15) is 6.10 Å². The first-order valence-electron chi connectivity index (χ1n) is 5.38. The van der Waals surface area contributed by atoms with Crippen LogP contribution in [0.1, 0.15) is 25.7 Å². The minimum absolute atomic E-state index is 0.380. The van der Waals surface area contributed by atoms with Crippen LogP contribution in [0.5, 0.6) is 0 Å². The smallest absolute Gasteiger partial charge is 0.104 e. The fraction of sp³-hybridized carbons (Fsp3) is 1.00. The molecule has 0 aromatic heterocycles. The standard InChI is InChI=1S/C10H19NO2/c1-2-4-9(3-1)11-5-6-13-10-7-12-8-10/h9-11H,1-8H2. The normalized spacial score (nSPS) is 24.9. The van der Waals surface area contributed by atoms with Crippen LogP contribution in [0.25, 0.3) is 0 Å². The minimum Gasteiger partial charge on any atom is -0.376 e. The summed E-state index contributed by atoms with van der Waals surface area (Å²) in [5.41, 5.74) is 0. The lowest BCUT2D eigenvalue weighted by atomic mass is 10.2. The Morgan fingerprint density at radius 3 is 2.62 bits per heavy atom. The zero-order chi connectivity index (χ0) is 8.93. The molecule has 0 amide bonds. The van der Waals surface area contributed by atoms with Crippen LogP contribution in [0.3, 0.4) is 0 Å². The molecule has 3 nitrogen and oxygen atoms in total. The number of ether oxygens (including phenoxy) is 2. The van der Waals surface area contributed by atoms with Gasteiger partial charge in [-0.2, -0.15) is 0 Å². The monoisotopic (exact) mass is 185 g/mol. The maximum atomic E-state index is 5.55. The van der Waals surface area contributed by atoms with Crippen molar-refractivity contribution in [1.29, 1.82) is 0 Å². The van der Waals surface area contributed by atoms with Gasteiger partial charge in [-0.25, -0.2) is 0 Å². The number of rotatable bonds is 5. The van der Waals surface area contributed by atoms with E-state index in [1.165, 1.54) is 25.7 Å². The molecule has 1 aliphatic heterocycles. The molecule has 1 saturated carbocycles. The first-order valence-corrected chi connectivity index (χ1v) is 5.38. The largest absolute Gasteiger partial charge is 0.376 e. The quantitative estimate of drug-likeness (QED) is 0.646. The van der Waals surface area contributed by atoms with Crippen molar-refractivity contribution in [3.63, 3.8) is 0 Å². The molecule has 2 rings (SSSR count). The molecule has 0 atom stereocenters. The second-order valence-electron chi connectivity index (χ2n) is 3.97. The van der Waals surface area contributed by atoms with Gasteiger partial charge < -0.3 is 14.8 Å². The molecule has 0 spiro atoms. The molecule has 13 heavy (non-hydrogen) atoms. The van der Waals surface area contributed by atoms with Crippen molar-refractivity contribution in [3.8, 4) is 0 Å². The van der Waals surface area contributed by atoms with E-state index in [-0.39, 0.29) is 0 Å². The van der Waals surface area contributed by atoms with Crippen LogP contribution in [0.15, 0.2) is 0 Å². The van der Waals surface area contributed by atoms with E-state index >= 15 is 0 Å². The summed E-state index contributed by atoms with van der Waals surface area (Å²) in [4.78, 5) is 0. The Labute approximate surface area is 79.8 Å². The maximum absolute atomic E-state index is 5.55. The topological polar surface area (TPSA) is 30.5 Å². The summed E-state index contributed by atoms with van der Waals surface area (Å²) in [5.74, 6) is 0. The number of nitrogens with one attached hydrogen (secondary N) is 1. The van der Waals surface area contributed by atoms with Crippen molar-refractivity contribution < 1.29 is 9.47 Å². The molecule has 2 fully saturated rings. The fourth-order valence-electron chi connectivity index (χ4n) is 1.93. The molecule has 76 valence electrons. The van der Waals surface area contributed by atoms with E-state index < -0.39 is 0 Å². The molecule has 0 unspecified atom stereocenters. The van der Waals surface area contributed by atoms with E-state index in [0.29, 0.717) is 6.10 Å². The Kier molecular flexibility index (Phi) is 3.58. The zero-order valence-electron chi connectivity index (χ0n) is 8.13. The molecule has 0 aromatic rings. The van der Waals surface area contributed by atoms with Crippen LogP contribution in [-0.4, -0.2) is 38.5 Å².